The molecule has 1 aliphatic rings. The molecule has 3 atom stereocenters. The fraction of sp³-hybridized carbons (Fsp3) is 0.818. The molecule has 0 aromatic rings. The third kappa shape index (κ3) is 4.20. The molecule has 1 aliphatic heterocycles. The molecule has 1 fully saturated rings. The molecule has 1 rings (SSSR count). The largest absolute Gasteiger partial charge is 0.480 e. The van der Waals surface area contributed by atoms with Crippen molar-refractivity contribution >= 4 is 23.6 Å². The maximum absolute atomic E-state index is 11.9. The van der Waals surface area contributed by atoms with Gasteiger partial charge in [-0.3, -0.25) is 4.79 Å². The zero-order chi connectivity index (χ0) is 12.8. The van der Waals surface area contributed by atoms with E-state index < -0.39 is 12.0 Å². The van der Waals surface area contributed by atoms with Gasteiger partial charge in [-0.2, -0.15) is 11.8 Å². The van der Waals surface area contributed by atoms with Crippen molar-refractivity contribution < 1.29 is 19.4 Å². The normalized spacial score (nSPS) is 25.5. The minimum atomic E-state index is -0.973. The van der Waals surface area contributed by atoms with Crippen molar-refractivity contribution in [2.45, 2.75) is 31.9 Å². The number of nitrogens with one attached hydrogen (secondary N) is 1. The highest BCUT2D eigenvalue weighted by molar-refractivity contribution is 7.98. The number of carbonyl (C=O) groups is 2. The molecule has 17 heavy (non-hydrogen) atoms. The van der Waals surface area contributed by atoms with Crippen LogP contribution >= 0.6 is 11.8 Å². The van der Waals surface area contributed by atoms with Gasteiger partial charge in [0.15, 0.2) is 0 Å². The summed E-state index contributed by atoms with van der Waals surface area (Å²) in [7, 11) is 0. The standard InChI is InChI=1S/C11H19NO4S/c1-7-8(3-5-16-7)10(13)12-9(11(14)15)4-6-17-2/h7-9H,3-6H2,1-2H3,(H,12,13)(H,14,15)/t7?,8?,9-/m1/s1. The van der Waals surface area contributed by atoms with Crippen molar-refractivity contribution in [1.82, 2.24) is 5.32 Å². The highest BCUT2D eigenvalue weighted by Crippen LogP contribution is 2.20. The molecule has 0 aromatic heterocycles. The van der Waals surface area contributed by atoms with E-state index in [2.05, 4.69) is 5.32 Å². The molecule has 0 aromatic carbocycles. The predicted octanol–water partition coefficient (Wildman–Crippen LogP) is 0.734. The molecule has 5 nitrogen and oxygen atoms in total. The Bertz CT molecular complexity index is 285. The first-order valence-electron chi connectivity index (χ1n) is 5.70. The van der Waals surface area contributed by atoms with Gasteiger partial charge in [0.25, 0.3) is 0 Å². The van der Waals surface area contributed by atoms with Gasteiger partial charge in [-0.1, -0.05) is 0 Å². The van der Waals surface area contributed by atoms with E-state index in [9.17, 15) is 9.59 Å². The van der Waals surface area contributed by atoms with Gasteiger partial charge in [-0.15, -0.1) is 0 Å². The van der Waals surface area contributed by atoms with Crippen molar-refractivity contribution in [2.24, 2.45) is 5.92 Å². The third-order valence-electron chi connectivity index (χ3n) is 2.94. The van der Waals surface area contributed by atoms with Crippen molar-refractivity contribution in [3.63, 3.8) is 0 Å². The Balaban J connectivity index is 2.48. The van der Waals surface area contributed by atoms with E-state index in [1.807, 2.05) is 13.2 Å². The number of thioether (sulfide) groups is 1. The lowest BCUT2D eigenvalue weighted by Gasteiger charge is -2.18. The summed E-state index contributed by atoms with van der Waals surface area (Å²) in [5.74, 6) is -0.679. The van der Waals surface area contributed by atoms with Crippen LogP contribution in [0.5, 0.6) is 0 Å². The summed E-state index contributed by atoms with van der Waals surface area (Å²) in [6, 6.07) is -0.789. The molecule has 2 unspecified atom stereocenters. The van der Waals surface area contributed by atoms with E-state index in [4.69, 9.17) is 9.84 Å². The molecule has 0 saturated carbocycles. The van der Waals surface area contributed by atoms with Gasteiger partial charge in [0, 0.05) is 6.61 Å². The summed E-state index contributed by atoms with van der Waals surface area (Å²) in [5, 5.41) is 11.6. The number of hydrogen-bond acceptors (Lipinski definition) is 4. The number of ether oxygens (including phenoxy) is 1. The summed E-state index contributed by atoms with van der Waals surface area (Å²) in [4.78, 5) is 22.9. The number of amides is 1. The maximum atomic E-state index is 11.9. The molecule has 6 heteroatoms. The molecule has 0 spiro atoms. The van der Waals surface area contributed by atoms with E-state index in [1.165, 1.54) is 0 Å². The quantitative estimate of drug-likeness (QED) is 0.737. The molecule has 1 saturated heterocycles. The zero-order valence-corrected chi connectivity index (χ0v) is 11.0. The fourth-order valence-corrected chi connectivity index (χ4v) is 2.32. The van der Waals surface area contributed by atoms with Gasteiger partial charge in [0.05, 0.1) is 12.0 Å². The number of carboxylic acids is 1. The van der Waals surface area contributed by atoms with Crippen molar-refractivity contribution in [3.8, 4) is 0 Å². The fourth-order valence-electron chi connectivity index (χ4n) is 1.85. The number of rotatable bonds is 6. The second-order valence-corrected chi connectivity index (χ2v) is 5.14. The maximum Gasteiger partial charge on any atom is 0.326 e. The Hall–Kier alpha value is -0.750. The first-order chi connectivity index (χ1) is 8.06. The summed E-state index contributed by atoms with van der Waals surface area (Å²) >= 11 is 1.57. The van der Waals surface area contributed by atoms with Crippen molar-refractivity contribution in [2.75, 3.05) is 18.6 Å². The van der Waals surface area contributed by atoms with Gasteiger partial charge in [-0.05, 0) is 31.8 Å². The molecule has 98 valence electrons. The summed E-state index contributed by atoms with van der Waals surface area (Å²) in [5.41, 5.74) is 0. The van der Waals surface area contributed by atoms with Crippen LogP contribution in [0.2, 0.25) is 0 Å². The molecular formula is C11H19NO4S. The second-order valence-electron chi connectivity index (χ2n) is 4.15. The number of carboxylic acid groups (broad SMARTS) is 1. The SMILES string of the molecule is CSCC[C@@H](NC(=O)C1CCOC1C)C(=O)O. The average Bonchev–Trinajstić information content (AvgIpc) is 2.70. The van der Waals surface area contributed by atoms with E-state index in [-0.39, 0.29) is 17.9 Å². The van der Waals surface area contributed by atoms with E-state index in [0.29, 0.717) is 25.2 Å². The Morgan fingerprint density at radius 3 is 2.76 bits per heavy atom. The van der Waals surface area contributed by atoms with Crippen molar-refractivity contribution in [1.29, 1.82) is 0 Å². The van der Waals surface area contributed by atoms with Gasteiger partial charge in [-0.25, -0.2) is 4.79 Å². The second kappa shape index (κ2) is 6.86. The molecule has 2 N–H and O–H groups in total. The third-order valence-corrected chi connectivity index (χ3v) is 3.58. The van der Waals surface area contributed by atoms with Gasteiger partial charge < -0.3 is 15.2 Å². The van der Waals surface area contributed by atoms with Crippen LogP contribution in [0.1, 0.15) is 19.8 Å². The lowest BCUT2D eigenvalue weighted by molar-refractivity contribution is -0.142. The molecule has 0 bridgehead atoms. The summed E-state index contributed by atoms with van der Waals surface area (Å²) in [6.45, 7) is 2.41. The van der Waals surface area contributed by atoms with Gasteiger partial charge in [0.2, 0.25) is 5.91 Å². The first-order valence-corrected chi connectivity index (χ1v) is 7.09. The van der Waals surface area contributed by atoms with E-state index in [1.54, 1.807) is 11.8 Å². The smallest absolute Gasteiger partial charge is 0.326 e. The molecule has 0 aliphatic carbocycles. The lowest BCUT2D eigenvalue weighted by atomic mass is 10.0. The van der Waals surface area contributed by atoms with Gasteiger partial charge in [0.1, 0.15) is 6.04 Å². The van der Waals surface area contributed by atoms with E-state index in [0.717, 1.165) is 0 Å². The minimum Gasteiger partial charge on any atom is -0.480 e. The van der Waals surface area contributed by atoms with Crippen LogP contribution in [-0.2, 0) is 14.3 Å². The zero-order valence-electron chi connectivity index (χ0n) is 10.1. The summed E-state index contributed by atoms with van der Waals surface area (Å²) < 4.78 is 5.30. The van der Waals surface area contributed by atoms with Gasteiger partial charge >= 0.3 is 5.97 Å². The van der Waals surface area contributed by atoms with Crippen LogP contribution in [0.25, 0.3) is 0 Å². The molecular weight excluding hydrogens is 242 g/mol. The Kier molecular flexibility index (Phi) is 5.77. The van der Waals surface area contributed by atoms with Crippen molar-refractivity contribution in [3.05, 3.63) is 0 Å². The first kappa shape index (κ1) is 14.3. The highest BCUT2D eigenvalue weighted by atomic mass is 32.2. The Labute approximate surface area is 105 Å². The summed E-state index contributed by atoms with van der Waals surface area (Å²) in [6.07, 6.45) is 2.91. The molecule has 1 heterocycles. The number of carbonyl (C=O) groups excluding carboxylic acids is 1. The number of aliphatic carboxylic acids is 1. The van der Waals surface area contributed by atoms with Crippen LogP contribution in [0.15, 0.2) is 0 Å². The van der Waals surface area contributed by atoms with E-state index >= 15 is 0 Å². The van der Waals surface area contributed by atoms with Crippen LogP contribution in [-0.4, -0.2) is 47.7 Å². The number of hydrogen-bond donors (Lipinski definition) is 2. The lowest BCUT2D eigenvalue weighted by Crippen LogP contribution is -2.45. The van der Waals surface area contributed by atoms with Crippen LogP contribution in [0, 0.1) is 5.92 Å². The minimum absolute atomic E-state index is 0.120. The highest BCUT2D eigenvalue weighted by Gasteiger charge is 2.32. The van der Waals surface area contributed by atoms with Crippen LogP contribution in [0.4, 0.5) is 0 Å². The molecule has 1 amide bonds. The molecule has 0 radical (unpaired) electrons. The Morgan fingerprint density at radius 1 is 1.59 bits per heavy atom. The van der Waals surface area contributed by atoms with Crippen LogP contribution in [0.3, 0.4) is 0 Å². The monoisotopic (exact) mass is 261 g/mol. The predicted molar refractivity (Wildman–Crippen MR) is 66.1 cm³/mol. The Morgan fingerprint density at radius 2 is 2.29 bits per heavy atom. The average molecular weight is 261 g/mol. The topological polar surface area (TPSA) is 75.6 Å². The van der Waals surface area contributed by atoms with Crippen LogP contribution < -0.4 is 5.32 Å².